The number of hydrogen-bond acceptors (Lipinski definition) is 5. The maximum atomic E-state index is 12.2. The highest BCUT2D eigenvalue weighted by atomic mass is 35.5. The van der Waals surface area contributed by atoms with Crippen molar-refractivity contribution >= 4 is 28.5 Å². The molecule has 0 radical (unpaired) electrons. The van der Waals surface area contributed by atoms with Crippen molar-refractivity contribution in [3.05, 3.63) is 46.3 Å². The summed E-state index contributed by atoms with van der Waals surface area (Å²) in [5.74, 6) is 1.75. The molecular formula is C18H18ClN3O3. The number of aryl methyl sites for hydroxylation is 1. The number of benzene rings is 1. The molecule has 1 aliphatic carbocycles. The van der Waals surface area contributed by atoms with Crippen LogP contribution in [0.3, 0.4) is 0 Å². The van der Waals surface area contributed by atoms with Gasteiger partial charge in [-0.2, -0.15) is 4.98 Å². The summed E-state index contributed by atoms with van der Waals surface area (Å²) in [6.07, 6.45) is 4.65. The lowest BCUT2D eigenvalue weighted by molar-refractivity contribution is -0.120. The third-order valence-corrected chi connectivity index (χ3v) is 4.78. The lowest BCUT2D eigenvalue weighted by atomic mass is 10.1. The topological polar surface area (TPSA) is 81.2 Å². The molecule has 4 rings (SSSR count). The minimum Gasteiger partial charge on any atom is -0.464 e. The number of aromatic nitrogens is 2. The molecule has 1 amide bonds. The lowest BCUT2D eigenvalue weighted by Crippen LogP contribution is -2.27. The summed E-state index contributed by atoms with van der Waals surface area (Å²) in [6, 6.07) is 3.72. The van der Waals surface area contributed by atoms with Crippen molar-refractivity contribution in [2.75, 3.05) is 6.54 Å². The van der Waals surface area contributed by atoms with Crippen molar-refractivity contribution < 1.29 is 13.7 Å². The summed E-state index contributed by atoms with van der Waals surface area (Å²) < 4.78 is 10.7. The van der Waals surface area contributed by atoms with Crippen LogP contribution in [0, 0.1) is 6.92 Å². The van der Waals surface area contributed by atoms with Crippen LogP contribution in [0.5, 0.6) is 0 Å². The summed E-state index contributed by atoms with van der Waals surface area (Å²) in [5, 5.41) is 8.37. The standard InChI is InChI=1S/C18H18ClN3O3/c1-10-6-15-13(8-14(10)19)12(9-24-15)7-16(23)20-5-4-17-21-18(22-25-17)11-2-3-11/h6,8-9,11H,2-5,7H2,1H3,(H,20,23). The summed E-state index contributed by atoms with van der Waals surface area (Å²) in [5.41, 5.74) is 2.51. The zero-order valence-corrected chi connectivity index (χ0v) is 14.6. The van der Waals surface area contributed by atoms with Gasteiger partial charge in [0.05, 0.1) is 12.7 Å². The SMILES string of the molecule is Cc1cc2occ(CC(=O)NCCc3nc(C4CC4)no3)c2cc1Cl. The van der Waals surface area contributed by atoms with Crippen molar-refractivity contribution in [2.24, 2.45) is 0 Å². The highest BCUT2D eigenvalue weighted by Gasteiger charge is 2.28. The molecule has 1 aliphatic rings. The third-order valence-electron chi connectivity index (χ3n) is 4.37. The number of furan rings is 1. The average Bonchev–Trinajstić information content (AvgIpc) is 3.22. The largest absolute Gasteiger partial charge is 0.464 e. The van der Waals surface area contributed by atoms with Crippen molar-refractivity contribution in [3.8, 4) is 0 Å². The predicted octanol–water partition coefficient (Wildman–Crippen LogP) is 3.56. The molecule has 0 unspecified atom stereocenters. The Morgan fingerprint density at radius 3 is 3.04 bits per heavy atom. The first kappa shape index (κ1) is 16.1. The molecular weight excluding hydrogens is 342 g/mol. The number of nitrogens with zero attached hydrogens (tertiary/aromatic N) is 2. The zero-order valence-electron chi connectivity index (χ0n) is 13.8. The first-order chi connectivity index (χ1) is 12.1. The van der Waals surface area contributed by atoms with Gasteiger partial charge >= 0.3 is 0 Å². The van der Waals surface area contributed by atoms with E-state index in [2.05, 4.69) is 15.5 Å². The lowest BCUT2D eigenvalue weighted by Gasteiger charge is -2.03. The Labute approximate surface area is 149 Å². The molecule has 7 heteroatoms. The van der Waals surface area contributed by atoms with Gasteiger partial charge in [-0.3, -0.25) is 4.79 Å². The molecule has 3 aromatic rings. The second-order valence-electron chi connectivity index (χ2n) is 6.46. The molecule has 6 nitrogen and oxygen atoms in total. The smallest absolute Gasteiger partial charge is 0.228 e. The van der Waals surface area contributed by atoms with Crippen LogP contribution >= 0.6 is 11.6 Å². The van der Waals surface area contributed by atoms with E-state index < -0.39 is 0 Å². The van der Waals surface area contributed by atoms with Crippen LogP contribution in [0.25, 0.3) is 11.0 Å². The summed E-state index contributed by atoms with van der Waals surface area (Å²) >= 11 is 6.17. The zero-order chi connectivity index (χ0) is 17.4. The fourth-order valence-corrected chi connectivity index (χ4v) is 2.92. The fourth-order valence-electron chi connectivity index (χ4n) is 2.76. The van der Waals surface area contributed by atoms with Crippen molar-refractivity contribution in [1.82, 2.24) is 15.5 Å². The van der Waals surface area contributed by atoms with E-state index in [1.54, 1.807) is 6.26 Å². The van der Waals surface area contributed by atoms with Gasteiger partial charge in [-0.1, -0.05) is 16.8 Å². The van der Waals surface area contributed by atoms with E-state index in [-0.39, 0.29) is 12.3 Å². The number of carbonyl (C=O) groups is 1. The van der Waals surface area contributed by atoms with Gasteiger partial charge in [0.25, 0.3) is 0 Å². The molecule has 0 spiro atoms. The van der Waals surface area contributed by atoms with Gasteiger partial charge in [-0.25, -0.2) is 0 Å². The molecule has 0 aliphatic heterocycles. The van der Waals surface area contributed by atoms with Crippen molar-refractivity contribution in [1.29, 1.82) is 0 Å². The van der Waals surface area contributed by atoms with E-state index in [1.807, 2.05) is 19.1 Å². The number of amides is 1. The number of carbonyl (C=O) groups excluding carboxylic acids is 1. The van der Waals surface area contributed by atoms with E-state index in [0.29, 0.717) is 29.8 Å². The van der Waals surface area contributed by atoms with E-state index in [1.165, 1.54) is 0 Å². The van der Waals surface area contributed by atoms with E-state index in [4.69, 9.17) is 20.5 Å². The quantitative estimate of drug-likeness (QED) is 0.727. The van der Waals surface area contributed by atoms with E-state index in [0.717, 1.165) is 40.8 Å². The molecule has 0 bridgehead atoms. The highest BCUT2D eigenvalue weighted by molar-refractivity contribution is 6.32. The van der Waals surface area contributed by atoms with Gasteiger partial charge in [0, 0.05) is 34.9 Å². The van der Waals surface area contributed by atoms with Gasteiger partial charge < -0.3 is 14.3 Å². The summed E-state index contributed by atoms with van der Waals surface area (Å²) in [7, 11) is 0. The summed E-state index contributed by atoms with van der Waals surface area (Å²) in [4.78, 5) is 16.5. The van der Waals surface area contributed by atoms with Crippen molar-refractivity contribution in [3.63, 3.8) is 0 Å². The Bertz CT molecular complexity index is 927. The Hall–Kier alpha value is -2.34. The number of hydrogen-bond donors (Lipinski definition) is 1. The van der Waals surface area contributed by atoms with Gasteiger partial charge in [0.15, 0.2) is 5.82 Å². The third kappa shape index (κ3) is 3.54. The first-order valence-corrected chi connectivity index (χ1v) is 8.73. The Balaban J connectivity index is 1.33. The molecule has 0 atom stereocenters. The molecule has 0 saturated heterocycles. The van der Waals surface area contributed by atoms with Crippen LogP contribution in [-0.4, -0.2) is 22.6 Å². The van der Waals surface area contributed by atoms with E-state index in [9.17, 15) is 4.79 Å². The molecule has 130 valence electrons. The molecule has 1 saturated carbocycles. The van der Waals surface area contributed by atoms with Gasteiger partial charge in [0.1, 0.15) is 5.58 Å². The molecule has 1 N–H and O–H groups in total. The van der Waals surface area contributed by atoms with Gasteiger partial charge in [0.2, 0.25) is 11.8 Å². The first-order valence-electron chi connectivity index (χ1n) is 8.35. The fraction of sp³-hybridized carbons (Fsp3) is 0.389. The van der Waals surface area contributed by atoms with Crippen LogP contribution in [0.1, 0.15) is 41.6 Å². The minimum atomic E-state index is -0.0821. The van der Waals surface area contributed by atoms with Crippen LogP contribution in [0.15, 0.2) is 27.3 Å². The predicted molar refractivity (Wildman–Crippen MR) is 92.7 cm³/mol. The van der Waals surface area contributed by atoms with Crippen LogP contribution in [-0.2, 0) is 17.6 Å². The molecule has 25 heavy (non-hydrogen) atoms. The monoisotopic (exact) mass is 359 g/mol. The number of fused-ring (bicyclic) bond motifs is 1. The van der Waals surface area contributed by atoms with Gasteiger partial charge in [-0.15, -0.1) is 0 Å². The Kier molecular flexibility index (Phi) is 4.21. The highest BCUT2D eigenvalue weighted by Crippen LogP contribution is 2.38. The normalized spacial score (nSPS) is 14.2. The molecule has 2 heterocycles. The maximum absolute atomic E-state index is 12.2. The second kappa shape index (κ2) is 6.52. The van der Waals surface area contributed by atoms with Crippen molar-refractivity contribution in [2.45, 2.75) is 38.5 Å². The molecule has 1 aromatic carbocycles. The Morgan fingerprint density at radius 1 is 1.40 bits per heavy atom. The second-order valence-corrected chi connectivity index (χ2v) is 6.86. The average molecular weight is 360 g/mol. The van der Waals surface area contributed by atoms with Crippen LogP contribution in [0.2, 0.25) is 5.02 Å². The van der Waals surface area contributed by atoms with Crippen LogP contribution < -0.4 is 5.32 Å². The molecule has 2 aromatic heterocycles. The maximum Gasteiger partial charge on any atom is 0.228 e. The van der Waals surface area contributed by atoms with E-state index >= 15 is 0 Å². The molecule has 1 fully saturated rings. The van der Waals surface area contributed by atoms with Crippen LogP contribution in [0.4, 0.5) is 0 Å². The number of rotatable bonds is 6. The number of nitrogens with one attached hydrogen (secondary N) is 1. The number of halogens is 1. The Morgan fingerprint density at radius 2 is 2.24 bits per heavy atom. The van der Waals surface area contributed by atoms with Gasteiger partial charge in [-0.05, 0) is 37.5 Å². The summed E-state index contributed by atoms with van der Waals surface area (Å²) in [6.45, 7) is 2.38. The minimum absolute atomic E-state index is 0.0821.